The van der Waals surface area contributed by atoms with Crippen LogP contribution in [0.5, 0.6) is 0 Å². The first-order chi connectivity index (χ1) is 10.0. The van der Waals surface area contributed by atoms with E-state index in [1.807, 2.05) is 37.3 Å². The van der Waals surface area contributed by atoms with E-state index in [0.29, 0.717) is 12.8 Å². The minimum atomic E-state index is -0.958. The molecule has 2 unspecified atom stereocenters. The average Bonchev–Trinajstić information content (AvgIpc) is 2.75. The second kappa shape index (κ2) is 6.52. The number of hydrogen-bond donors (Lipinski definition) is 1. The summed E-state index contributed by atoms with van der Waals surface area (Å²) in [6, 6.07) is 9.14. The minimum absolute atomic E-state index is 0.0236. The minimum Gasteiger partial charge on any atom is -0.481 e. The van der Waals surface area contributed by atoms with E-state index < -0.39 is 17.8 Å². The zero-order valence-corrected chi connectivity index (χ0v) is 12.0. The van der Waals surface area contributed by atoms with Crippen LogP contribution in [0.25, 0.3) is 0 Å². The topological polar surface area (TPSA) is 74.7 Å². The van der Waals surface area contributed by atoms with E-state index in [4.69, 9.17) is 0 Å². The Bertz CT molecular complexity index is 540. The standard InChI is InChI=1S/C16H19NO4/c1-2-6-12(16(20)21)10-17-14(18)9-13(15(17)19)11-7-4-3-5-8-11/h3-5,7-8,12-13H,2,6,9-10H2,1H3,(H,20,21). The van der Waals surface area contributed by atoms with Crippen LogP contribution in [0, 0.1) is 5.92 Å². The van der Waals surface area contributed by atoms with Crippen LogP contribution < -0.4 is 0 Å². The van der Waals surface area contributed by atoms with Crippen molar-refractivity contribution in [2.45, 2.75) is 32.1 Å². The molecule has 0 spiro atoms. The Hall–Kier alpha value is -2.17. The molecule has 112 valence electrons. The van der Waals surface area contributed by atoms with Crippen molar-refractivity contribution in [1.82, 2.24) is 4.90 Å². The smallest absolute Gasteiger partial charge is 0.308 e. The molecule has 1 aromatic carbocycles. The molecule has 1 saturated heterocycles. The summed E-state index contributed by atoms with van der Waals surface area (Å²) < 4.78 is 0. The quantitative estimate of drug-likeness (QED) is 0.813. The molecule has 0 saturated carbocycles. The Morgan fingerprint density at radius 3 is 2.57 bits per heavy atom. The number of carboxylic acid groups (broad SMARTS) is 1. The van der Waals surface area contributed by atoms with E-state index in [0.717, 1.165) is 10.5 Å². The van der Waals surface area contributed by atoms with Crippen LogP contribution in [0.3, 0.4) is 0 Å². The zero-order valence-electron chi connectivity index (χ0n) is 12.0. The van der Waals surface area contributed by atoms with Gasteiger partial charge in [-0.3, -0.25) is 19.3 Å². The van der Waals surface area contributed by atoms with Gasteiger partial charge in [-0.1, -0.05) is 43.7 Å². The molecule has 0 radical (unpaired) electrons. The number of amides is 2. The number of nitrogens with zero attached hydrogens (tertiary/aromatic N) is 1. The predicted octanol–water partition coefficient (Wildman–Crippen LogP) is 2.03. The van der Waals surface area contributed by atoms with Crippen molar-refractivity contribution in [3.8, 4) is 0 Å². The fraction of sp³-hybridized carbons (Fsp3) is 0.438. The normalized spacial score (nSPS) is 19.9. The Kier molecular flexibility index (Phi) is 4.73. The van der Waals surface area contributed by atoms with Crippen molar-refractivity contribution in [3.63, 3.8) is 0 Å². The van der Waals surface area contributed by atoms with Crippen molar-refractivity contribution in [2.75, 3.05) is 6.54 Å². The molecule has 1 aromatic rings. The number of aliphatic carboxylic acids is 1. The number of carbonyl (C=O) groups excluding carboxylic acids is 2. The molecule has 2 amide bonds. The summed E-state index contributed by atoms with van der Waals surface area (Å²) in [5.41, 5.74) is 0.806. The molecule has 0 bridgehead atoms. The largest absolute Gasteiger partial charge is 0.481 e. The van der Waals surface area contributed by atoms with Crippen LogP contribution in [0.15, 0.2) is 30.3 Å². The van der Waals surface area contributed by atoms with Crippen LogP contribution in [0.2, 0.25) is 0 Å². The summed E-state index contributed by atoms with van der Waals surface area (Å²) >= 11 is 0. The van der Waals surface area contributed by atoms with Gasteiger partial charge in [0.25, 0.3) is 0 Å². The van der Waals surface area contributed by atoms with Gasteiger partial charge in [-0.25, -0.2) is 0 Å². The fourth-order valence-corrected chi connectivity index (χ4v) is 2.68. The van der Waals surface area contributed by atoms with Gasteiger partial charge in [0.15, 0.2) is 0 Å². The van der Waals surface area contributed by atoms with E-state index in [2.05, 4.69) is 0 Å². The summed E-state index contributed by atoms with van der Waals surface area (Å²) in [5, 5.41) is 9.17. The lowest BCUT2D eigenvalue weighted by Gasteiger charge is -2.19. The first-order valence-corrected chi connectivity index (χ1v) is 7.16. The summed E-state index contributed by atoms with van der Waals surface area (Å²) in [6.07, 6.45) is 1.29. The molecular weight excluding hydrogens is 270 g/mol. The van der Waals surface area contributed by atoms with Gasteiger partial charge in [0.2, 0.25) is 11.8 Å². The Morgan fingerprint density at radius 2 is 2.00 bits per heavy atom. The SMILES string of the molecule is CCCC(CN1C(=O)CC(c2ccccc2)C1=O)C(=O)O. The molecule has 1 fully saturated rings. The predicted molar refractivity (Wildman–Crippen MR) is 76.6 cm³/mol. The molecule has 0 aliphatic carbocycles. The highest BCUT2D eigenvalue weighted by Gasteiger charge is 2.40. The van der Waals surface area contributed by atoms with Crippen LogP contribution >= 0.6 is 0 Å². The Balaban J connectivity index is 2.13. The van der Waals surface area contributed by atoms with Gasteiger partial charge in [0, 0.05) is 13.0 Å². The van der Waals surface area contributed by atoms with Crippen molar-refractivity contribution in [3.05, 3.63) is 35.9 Å². The zero-order chi connectivity index (χ0) is 15.4. The van der Waals surface area contributed by atoms with E-state index in [-0.39, 0.29) is 24.8 Å². The summed E-state index contributed by atoms with van der Waals surface area (Å²) in [4.78, 5) is 36.7. The Morgan fingerprint density at radius 1 is 1.33 bits per heavy atom. The molecular formula is C16H19NO4. The monoisotopic (exact) mass is 289 g/mol. The third-order valence-corrected chi connectivity index (χ3v) is 3.84. The van der Waals surface area contributed by atoms with Crippen LogP contribution in [-0.2, 0) is 14.4 Å². The molecule has 1 aliphatic heterocycles. The lowest BCUT2D eigenvalue weighted by molar-refractivity contribution is -0.145. The number of imide groups is 1. The summed E-state index contributed by atoms with van der Waals surface area (Å²) in [5.74, 6) is -2.68. The lowest BCUT2D eigenvalue weighted by atomic mass is 9.98. The second-order valence-electron chi connectivity index (χ2n) is 5.33. The third kappa shape index (κ3) is 3.29. The maximum absolute atomic E-state index is 12.4. The van der Waals surface area contributed by atoms with Crippen LogP contribution in [0.4, 0.5) is 0 Å². The number of benzene rings is 1. The van der Waals surface area contributed by atoms with Crippen molar-refractivity contribution in [2.24, 2.45) is 5.92 Å². The molecule has 5 nitrogen and oxygen atoms in total. The molecule has 0 aromatic heterocycles. The van der Waals surface area contributed by atoms with E-state index in [1.165, 1.54) is 0 Å². The third-order valence-electron chi connectivity index (χ3n) is 3.84. The van der Waals surface area contributed by atoms with Gasteiger partial charge >= 0.3 is 5.97 Å². The van der Waals surface area contributed by atoms with Crippen LogP contribution in [0.1, 0.15) is 37.7 Å². The van der Waals surface area contributed by atoms with Crippen molar-refractivity contribution < 1.29 is 19.5 Å². The van der Waals surface area contributed by atoms with E-state index in [9.17, 15) is 19.5 Å². The highest BCUT2D eigenvalue weighted by Crippen LogP contribution is 2.30. The number of hydrogen-bond acceptors (Lipinski definition) is 3. The molecule has 2 atom stereocenters. The maximum atomic E-state index is 12.4. The van der Waals surface area contributed by atoms with Gasteiger partial charge in [-0.2, -0.15) is 0 Å². The molecule has 21 heavy (non-hydrogen) atoms. The summed E-state index contributed by atoms with van der Waals surface area (Å²) in [7, 11) is 0. The number of carbonyl (C=O) groups is 3. The second-order valence-corrected chi connectivity index (χ2v) is 5.33. The maximum Gasteiger partial charge on any atom is 0.308 e. The average molecular weight is 289 g/mol. The number of likely N-dealkylation sites (tertiary alicyclic amines) is 1. The van der Waals surface area contributed by atoms with E-state index >= 15 is 0 Å². The van der Waals surface area contributed by atoms with Gasteiger partial charge < -0.3 is 5.11 Å². The fourth-order valence-electron chi connectivity index (χ4n) is 2.68. The van der Waals surface area contributed by atoms with Crippen LogP contribution in [-0.4, -0.2) is 34.3 Å². The van der Waals surface area contributed by atoms with Crippen molar-refractivity contribution >= 4 is 17.8 Å². The summed E-state index contributed by atoms with van der Waals surface area (Å²) in [6.45, 7) is 1.86. The Labute approximate surface area is 123 Å². The lowest BCUT2D eigenvalue weighted by Crippen LogP contribution is -2.37. The molecule has 2 rings (SSSR count). The molecule has 1 heterocycles. The van der Waals surface area contributed by atoms with E-state index in [1.54, 1.807) is 0 Å². The molecule has 1 aliphatic rings. The van der Waals surface area contributed by atoms with Crippen molar-refractivity contribution in [1.29, 1.82) is 0 Å². The van der Waals surface area contributed by atoms with Gasteiger partial charge in [0.05, 0.1) is 11.8 Å². The number of carboxylic acids is 1. The highest BCUT2D eigenvalue weighted by atomic mass is 16.4. The molecule has 1 N–H and O–H groups in total. The van der Waals surface area contributed by atoms with Gasteiger partial charge in [0.1, 0.15) is 0 Å². The van der Waals surface area contributed by atoms with Gasteiger partial charge in [-0.05, 0) is 12.0 Å². The number of rotatable bonds is 6. The highest BCUT2D eigenvalue weighted by molar-refractivity contribution is 6.06. The first-order valence-electron chi connectivity index (χ1n) is 7.16. The van der Waals surface area contributed by atoms with Gasteiger partial charge in [-0.15, -0.1) is 0 Å². The first kappa shape index (κ1) is 15.2. The molecule has 5 heteroatoms.